The second kappa shape index (κ2) is 6.76. The molecule has 7 nitrogen and oxygen atoms in total. The average molecular weight is 282 g/mol. The van der Waals surface area contributed by atoms with Gasteiger partial charge in [-0.1, -0.05) is 6.07 Å². The lowest BCUT2D eigenvalue weighted by atomic mass is 10.2. The summed E-state index contributed by atoms with van der Waals surface area (Å²) in [5, 5.41) is 29.9. The summed E-state index contributed by atoms with van der Waals surface area (Å²) >= 11 is 0. The van der Waals surface area contributed by atoms with Crippen molar-refractivity contribution in [1.29, 1.82) is 0 Å². The molecule has 0 aromatic heterocycles. The van der Waals surface area contributed by atoms with Crippen LogP contribution in [-0.4, -0.2) is 46.0 Å². The number of anilines is 1. The number of aliphatic carboxylic acids is 1. The van der Waals surface area contributed by atoms with Crippen molar-refractivity contribution < 1.29 is 24.9 Å². The van der Waals surface area contributed by atoms with Crippen LogP contribution in [-0.2, 0) is 4.79 Å². The minimum absolute atomic E-state index is 0.000870. The van der Waals surface area contributed by atoms with Crippen LogP contribution in [0.15, 0.2) is 24.3 Å². The smallest absolute Gasteiger partial charge is 0.328 e. The van der Waals surface area contributed by atoms with Crippen molar-refractivity contribution in [2.75, 3.05) is 11.4 Å². The Morgan fingerprint density at radius 3 is 2.50 bits per heavy atom. The van der Waals surface area contributed by atoms with E-state index >= 15 is 0 Å². The molecular weight excluding hydrogens is 264 g/mol. The van der Waals surface area contributed by atoms with Crippen molar-refractivity contribution in [3.63, 3.8) is 0 Å². The molecule has 0 radical (unpaired) electrons. The number of rotatable bonds is 5. The first kappa shape index (κ1) is 15.8. The Hall–Kier alpha value is -2.28. The monoisotopic (exact) mass is 282 g/mol. The molecule has 4 N–H and O–H groups in total. The van der Waals surface area contributed by atoms with Crippen LogP contribution in [0.2, 0.25) is 0 Å². The molecule has 2 unspecified atom stereocenters. The second-order valence-corrected chi connectivity index (χ2v) is 4.27. The number of carboxylic acid groups (broad SMARTS) is 1. The number of amides is 2. The SMILES string of the molecule is CCN(C(=O)NC(C(=O)O)C(C)O)c1cccc(O)c1. The Balaban J connectivity index is 2.90. The summed E-state index contributed by atoms with van der Waals surface area (Å²) in [5.41, 5.74) is 0.430. The van der Waals surface area contributed by atoms with Gasteiger partial charge in [0, 0.05) is 18.3 Å². The molecule has 1 aromatic carbocycles. The summed E-state index contributed by atoms with van der Waals surface area (Å²) in [6, 6.07) is 3.98. The van der Waals surface area contributed by atoms with E-state index in [2.05, 4.69) is 5.32 Å². The minimum atomic E-state index is -1.39. The Morgan fingerprint density at radius 2 is 2.05 bits per heavy atom. The van der Waals surface area contributed by atoms with Crippen LogP contribution in [0.5, 0.6) is 5.75 Å². The number of carbonyl (C=O) groups is 2. The Bertz CT molecular complexity index is 489. The maximum absolute atomic E-state index is 12.1. The molecule has 0 aliphatic heterocycles. The van der Waals surface area contributed by atoms with Crippen LogP contribution in [0.4, 0.5) is 10.5 Å². The number of phenols is 1. The molecule has 0 saturated carbocycles. The molecule has 7 heteroatoms. The number of benzene rings is 1. The van der Waals surface area contributed by atoms with Crippen molar-refractivity contribution in [3.8, 4) is 5.75 Å². The standard InChI is InChI=1S/C13H18N2O5/c1-3-15(9-5-4-6-10(17)7-9)13(20)14-11(8(2)16)12(18)19/h4-8,11,16-17H,3H2,1-2H3,(H,14,20)(H,18,19). The molecule has 0 aliphatic rings. The number of aliphatic hydroxyl groups excluding tert-OH is 1. The van der Waals surface area contributed by atoms with Crippen LogP contribution in [0.1, 0.15) is 13.8 Å². The average Bonchev–Trinajstić information content (AvgIpc) is 2.36. The molecule has 0 bridgehead atoms. The van der Waals surface area contributed by atoms with Gasteiger partial charge in [-0.2, -0.15) is 0 Å². The van der Waals surface area contributed by atoms with E-state index in [-0.39, 0.29) is 12.3 Å². The summed E-state index contributed by atoms with van der Waals surface area (Å²) < 4.78 is 0. The number of aliphatic hydroxyl groups is 1. The third-order valence-corrected chi connectivity index (χ3v) is 2.73. The zero-order valence-electron chi connectivity index (χ0n) is 11.3. The normalized spacial score (nSPS) is 13.3. The van der Waals surface area contributed by atoms with Crippen LogP contribution >= 0.6 is 0 Å². The first-order chi connectivity index (χ1) is 9.36. The van der Waals surface area contributed by atoms with Gasteiger partial charge in [0.15, 0.2) is 6.04 Å². The number of hydrogen-bond donors (Lipinski definition) is 4. The number of phenolic OH excluding ortho intramolecular Hbond substituents is 1. The fraction of sp³-hybridized carbons (Fsp3) is 0.385. The summed E-state index contributed by atoms with van der Waals surface area (Å²) in [4.78, 5) is 24.3. The predicted molar refractivity (Wildman–Crippen MR) is 72.8 cm³/mol. The van der Waals surface area contributed by atoms with Gasteiger partial charge in [0.1, 0.15) is 5.75 Å². The lowest BCUT2D eigenvalue weighted by Crippen LogP contribution is -2.52. The number of urea groups is 1. The maximum Gasteiger partial charge on any atom is 0.328 e. The van der Waals surface area contributed by atoms with Crippen molar-refractivity contribution in [2.24, 2.45) is 0 Å². The highest BCUT2D eigenvalue weighted by Crippen LogP contribution is 2.20. The summed E-state index contributed by atoms with van der Waals surface area (Å²) in [5.74, 6) is -1.32. The lowest BCUT2D eigenvalue weighted by molar-refractivity contribution is -0.141. The molecule has 0 fully saturated rings. The molecule has 110 valence electrons. The van der Waals surface area contributed by atoms with E-state index in [9.17, 15) is 19.8 Å². The zero-order chi connectivity index (χ0) is 15.3. The second-order valence-electron chi connectivity index (χ2n) is 4.27. The van der Waals surface area contributed by atoms with Crippen LogP contribution in [0, 0.1) is 0 Å². The number of carboxylic acids is 1. The highest BCUT2D eigenvalue weighted by Gasteiger charge is 2.27. The van der Waals surface area contributed by atoms with Crippen molar-refractivity contribution in [1.82, 2.24) is 5.32 Å². The van der Waals surface area contributed by atoms with Crippen LogP contribution in [0.25, 0.3) is 0 Å². The van der Waals surface area contributed by atoms with Crippen molar-refractivity contribution in [2.45, 2.75) is 26.0 Å². The number of nitrogens with one attached hydrogen (secondary N) is 1. The van der Waals surface area contributed by atoms with Gasteiger partial charge in [-0.15, -0.1) is 0 Å². The number of aromatic hydroxyl groups is 1. The van der Waals surface area contributed by atoms with E-state index in [4.69, 9.17) is 5.11 Å². The van der Waals surface area contributed by atoms with Gasteiger partial charge >= 0.3 is 12.0 Å². The summed E-state index contributed by atoms with van der Waals surface area (Å²) in [6.07, 6.45) is -1.22. The molecule has 2 amide bonds. The fourth-order valence-corrected chi connectivity index (χ4v) is 1.70. The Kier molecular flexibility index (Phi) is 5.33. The molecule has 1 aromatic rings. The fourth-order valence-electron chi connectivity index (χ4n) is 1.70. The van der Waals surface area contributed by atoms with E-state index in [0.717, 1.165) is 0 Å². The van der Waals surface area contributed by atoms with Gasteiger partial charge in [-0.3, -0.25) is 4.90 Å². The molecule has 0 heterocycles. The first-order valence-corrected chi connectivity index (χ1v) is 6.14. The van der Waals surface area contributed by atoms with Gasteiger partial charge in [0.2, 0.25) is 0 Å². The Labute approximate surface area is 116 Å². The lowest BCUT2D eigenvalue weighted by Gasteiger charge is -2.25. The third-order valence-electron chi connectivity index (χ3n) is 2.73. The highest BCUT2D eigenvalue weighted by molar-refractivity contribution is 5.94. The molecular formula is C13H18N2O5. The third kappa shape index (κ3) is 3.86. The van der Waals surface area contributed by atoms with E-state index < -0.39 is 24.1 Å². The van der Waals surface area contributed by atoms with Gasteiger partial charge in [-0.25, -0.2) is 9.59 Å². The highest BCUT2D eigenvalue weighted by atomic mass is 16.4. The van der Waals surface area contributed by atoms with E-state index in [1.165, 1.54) is 24.0 Å². The van der Waals surface area contributed by atoms with Gasteiger partial charge in [-0.05, 0) is 26.0 Å². The quantitative estimate of drug-likeness (QED) is 0.637. The summed E-state index contributed by atoms with van der Waals surface area (Å²) in [7, 11) is 0. The van der Waals surface area contributed by atoms with E-state index in [1.54, 1.807) is 19.1 Å². The number of carbonyl (C=O) groups excluding carboxylic acids is 1. The largest absolute Gasteiger partial charge is 0.508 e. The Morgan fingerprint density at radius 1 is 1.40 bits per heavy atom. The van der Waals surface area contributed by atoms with Gasteiger partial charge < -0.3 is 20.6 Å². The molecule has 1 rings (SSSR count). The minimum Gasteiger partial charge on any atom is -0.508 e. The predicted octanol–water partition coefficient (Wildman–Crippen LogP) is 0.762. The maximum atomic E-state index is 12.1. The molecule has 0 saturated heterocycles. The summed E-state index contributed by atoms with van der Waals surface area (Å²) in [6.45, 7) is 3.27. The zero-order valence-corrected chi connectivity index (χ0v) is 11.3. The number of nitrogens with zero attached hydrogens (tertiary/aromatic N) is 1. The molecule has 20 heavy (non-hydrogen) atoms. The van der Waals surface area contributed by atoms with Gasteiger partial charge in [0.25, 0.3) is 0 Å². The topological polar surface area (TPSA) is 110 Å². The molecule has 0 aliphatic carbocycles. The molecule has 2 atom stereocenters. The first-order valence-electron chi connectivity index (χ1n) is 6.14. The molecule has 0 spiro atoms. The van der Waals surface area contributed by atoms with E-state index in [0.29, 0.717) is 5.69 Å². The van der Waals surface area contributed by atoms with Crippen molar-refractivity contribution in [3.05, 3.63) is 24.3 Å². The van der Waals surface area contributed by atoms with Crippen molar-refractivity contribution >= 4 is 17.7 Å². The van der Waals surface area contributed by atoms with Crippen LogP contribution < -0.4 is 10.2 Å². The van der Waals surface area contributed by atoms with Crippen LogP contribution in [0.3, 0.4) is 0 Å². The van der Waals surface area contributed by atoms with E-state index in [1.807, 2.05) is 0 Å². The number of hydrogen-bond acceptors (Lipinski definition) is 4. The van der Waals surface area contributed by atoms with Gasteiger partial charge in [0.05, 0.1) is 6.10 Å².